The lowest BCUT2D eigenvalue weighted by Gasteiger charge is -2.10. The molecule has 18 heavy (non-hydrogen) atoms. The van der Waals surface area contributed by atoms with E-state index >= 15 is 0 Å². The smallest absolute Gasteiger partial charge is 0.0942 e. The van der Waals surface area contributed by atoms with Crippen molar-refractivity contribution in [2.24, 2.45) is 0 Å². The van der Waals surface area contributed by atoms with E-state index in [4.69, 9.17) is 23.2 Å². The second-order valence-electron chi connectivity index (χ2n) is 4.10. The summed E-state index contributed by atoms with van der Waals surface area (Å²) in [6.07, 6.45) is 0. The molecule has 1 heterocycles. The lowest BCUT2D eigenvalue weighted by Crippen LogP contribution is -1.90. The molecule has 0 aliphatic carbocycles. The van der Waals surface area contributed by atoms with Gasteiger partial charge in [0.15, 0.2) is 0 Å². The molecular weight excluding hydrogens is 283 g/mol. The molecular formula is C15H10Cl2S. The minimum Gasteiger partial charge on any atom is -0.145 e. The summed E-state index contributed by atoms with van der Waals surface area (Å²) in [5, 5.41) is 4.96. The quantitative estimate of drug-likeness (QED) is 0.517. The topological polar surface area (TPSA) is 0 Å². The van der Waals surface area contributed by atoms with Crippen LogP contribution < -0.4 is 0 Å². The van der Waals surface area contributed by atoms with Crippen molar-refractivity contribution in [2.75, 3.05) is 0 Å². The van der Waals surface area contributed by atoms with Crippen LogP contribution in [0, 0.1) is 0 Å². The van der Waals surface area contributed by atoms with E-state index in [0.717, 1.165) is 15.5 Å². The maximum absolute atomic E-state index is 6.50. The van der Waals surface area contributed by atoms with Crippen LogP contribution in [0.5, 0.6) is 0 Å². The first-order valence-electron chi connectivity index (χ1n) is 5.61. The minimum absolute atomic E-state index is 0.179. The van der Waals surface area contributed by atoms with Gasteiger partial charge in [0.25, 0.3) is 0 Å². The summed E-state index contributed by atoms with van der Waals surface area (Å²) in [6, 6.07) is 16.4. The fourth-order valence-corrected chi connectivity index (χ4v) is 3.63. The van der Waals surface area contributed by atoms with Crippen molar-refractivity contribution in [3.63, 3.8) is 0 Å². The van der Waals surface area contributed by atoms with Crippen LogP contribution in [0.25, 0.3) is 10.8 Å². The molecule has 90 valence electrons. The summed E-state index contributed by atoms with van der Waals surface area (Å²) < 4.78 is 0. The third-order valence-corrected chi connectivity index (χ3v) is 4.96. The highest BCUT2D eigenvalue weighted by Gasteiger charge is 2.15. The van der Waals surface area contributed by atoms with Gasteiger partial charge in [-0.2, -0.15) is 0 Å². The van der Waals surface area contributed by atoms with E-state index in [2.05, 4.69) is 30.3 Å². The molecule has 0 aliphatic rings. The molecule has 2 aromatic carbocycles. The van der Waals surface area contributed by atoms with E-state index in [1.807, 2.05) is 23.6 Å². The Hall–Kier alpha value is -1.02. The number of fused-ring (bicyclic) bond motifs is 1. The van der Waals surface area contributed by atoms with Gasteiger partial charge >= 0.3 is 0 Å². The van der Waals surface area contributed by atoms with Gasteiger partial charge in [-0.05, 0) is 33.8 Å². The van der Waals surface area contributed by atoms with Crippen LogP contribution in [0.3, 0.4) is 0 Å². The van der Waals surface area contributed by atoms with E-state index in [9.17, 15) is 0 Å². The fourth-order valence-electron chi connectivity index (χ4n) is 2.00. The van der Waals surface area contributed by atoms with Gasteiger partial charge in [0, 0.05) is 4.88 Å². The minimum atomic E-state index is -0.179. The molecule has 1 aromatic heterocycles. The number of halogens is 2. The third kappa shape index (κ3) is 2.14. The Morgan fingerprint density at radius 2 is 1.72 bits per heavy atom. The van der Waals surface area contributed by atoms with Crippen LogP contribution in [0.4, 0.5) is 0 Å². The first-order chi connectivity index (χ1) is 8.75. The van der Waals surface area contributed by atoms with Gasteiger partial charge in [-0.3, -0.25) is 0 Å². The summed E-state index contributed by atoms with van der Waals surface area (Å²) in [7, 11) is 0. The van der Waals surface area contributed by atoms with Gasteiger partial charge in [-0.1, -0.05) is 48.0 Å². The monoisotopic (exact) mass is 292 g/mol. The predicted octanol–water partition coefficient (Wildman–Crippen LogP) is 5.88. The third-order valence-electron chi connectivity index (χ3n) is 2.94. The average Bonchev–Trinajstić information content (AvgIpc) is 2.83. The number of rotatable bonds is 2. The molecule has 0 nitrogen and oxygen atoms in total. The Kier molecular flexibility index (Phi) is 3.29. The molecule has 0 radical (unpaired) electrons. The second kappa shape index (κ2) is 4.93. The van der Waals surface area contributed by atoms with Crippen molar-refractivity contribution in [3.8, 4) is 0 Å². The Bertz CT molecular complexity index is 688. The molecule has 3 rings (SSSR count). The molecule has 0 amide bonds. The lowest BCUT2D eigenvalue weighted by atomic mass is 10.0. The highest BCUT2D eigenvalue weighted by molar-refractivity contribution is 7.11. The van der Waals surface area contributed by atoms with E-state index in [1.54, 1.807) is 11.3 Å². The maximum atomic E-state index is 6.50. The van der Waals surface area contributed by atoms with Gasteiger partial charge in [-0.25, -0.2) is 0 Å². The Labute approximate surface area is 120 Å². The number of thiophene rings is 1. The van der Waals surface area contributed by atoms with Crippen molar-refractivity contribution in [2.45, 2.75) is 5.38 Å². The van der Waals surface area contributed by atoms with Crippen molar-refractivity contribution < 1.29 is 0 Å². The number of alkyl halides is 1. The average molecular weight is 293 g/mol. The molecule has 0 fully saturated rings. The highest BCUT2D eigenvalue weighted by atomic mass is 35.5. The van der Waals surface area contributed by atoms with Crippen LogP contribution in [-0.2, 0) is 0 Å². The molecule has 0 spiro atoms. The normalized spacial score (nSPS) is 12.8. The van der Waals surface area contributed by atoms with Gasteiger partial charge in [0.05, 0.1) is 10.4 Å². The van der Waals surface area contributed by atoms with Crippen molar-refractivity contribution >= 4 is 45.3 Å². The Morgan fingerprint density at radius 1 is 0.944 bits per heavy atom. The van der Waals surface area contributed by atoms with E-state index in [0.29, 0.717) is 0 Å². The second-order valence-corrected chi connectivity index (χ2v) is 5.89. The molecule has 0 N–H and O–H groups in total. The van der Waals surface area contributed by atoms with Gasteiger partial charge in [0.2, 0.25) is 0 Å². The number of hydrogen-bond acceptors (Lipinski definition) is 1. The summed E-state index contributed by atoms with van der Waals surface area (Å²) in [4.78, 5) is 1.01. The molecule has 0 saturated carbocycles. The van der Waals surface area contributed by atoms with Crippen LogP contribution in [0.2, 0.25) is 5.02 Å². The fraction of sp³-hybridized carbons (Fsp3) is 0.0667. The lowest BCUT2D eigenvalue weighted by molar-refractivity contribution is 1.19. The van der Waals surface area contributed by atoms with Crippen LogP contribution >= 0.6 is 34.5 Å². The van der Waals surface area contributed by atoms with E-state index in [-0.39, 0.29) is 5.38 Å². The standard InChI is InChI=1S/C15H10Cl2S/c16-13-7-8-18-15(13)14(17)12-6-5-10-3-1-2-4-11(10)9-12/h1-9,14H. The molecule has 1 atom stereocenters. The Balaban J connectivity index is 2.07. The van der Waals surface area contributed by atoms with Crippen LogP contribution in [-0.4, -0.2) is 0 Å². The molecule has 0 bridgehead atoms. The molecule has 3 heteroatoms. The van der Waals surface area contributed by atoms with Gasteiger partial charge in [-0.15, -0.1) is 22.9 Å². The zero-order valence-corrected chi connectivity index (χ0v) is 11.8. The SMILES string of the molecule is Clc1ccsc1C(Cl)c1ccc2ccccc2c1. The molecule has 0 saturated heterocycles. The van der Waals surface area contributed by atoms with Crippen molar-refractivity contribution in [3.05, 3.63) is 69.4 Å². The zero-order valence-electron chi connectivity index (χ0n) is 9.44. The Morgan fingerprint density at radius 3 is 2.44 bits per heavy atom. The zero-order chi connectivity index (χ0) is 12.5. The number of hydrogen-bond donors (Lipinski definition) is 0. The first kappa shape index (κ1) is 12.0. The van der Waals surface area contributed by atoms with Crippen LogP contribution in [0.1, 0.15) is 15.8 Å². The molecule has 3 aromatic rings. The molecule has 1 unspecified atom stereocenters. The van der Waals surface area contributed by atoms with Crippen molar-refractivity contribution in [1.29, 1.82) is 0 Å². The van der Waals surface area contributed by atoms with Gasteiger partial charge in [0.1, 0.15) is 0 Å². The van der Waals surface area contributed by atoms with E-state index < -0.39 is 0 Å². The molecule has 0 aliphatic heterocycles. The van der Waals surface area contributed by atoms with E-state index in [1.165, 1.54) is 10.8 Å². The largest absolute Gasteiger partial charge is 0.145 e. The maximum Gasteiger partial charge on any atom is 0.0942 e. The summed E-state index contributed by atoms with van der Waals surface area (Å²) in [5.41, 5.74) is 1.08. The summed E-state index contributed by atoms with van der Waals surface area (Å²) in [6.45, 7) is 0. The van der Waals surface area contributed by atoms with Crippen molar-refractivity contribution in [1.82, 2.24) is 0 Å². The van der Waals surface area contributed by atoms with Crippen LogP contribution in [0.15, 0.2) is 53.9 Å². The first-order valence-corrected chi connectivity index (χ1v) is 7.31. The summed E-state index contributed by atoms with van der Waals surface area (Å²) >= 11 is 14.2. The highest BCUT2D eigenvalue weighted by Crippen LogP contribution is 2.38. The predicted molar refractivity (Wildman–Crippen MR) is 81.0 cm³/mol. The summed E-state index contributed by atoms with van der Waals surface area (Å²) in [5.74, 6) is 0. The van der Waals surface area contributed by atoms with Gasteiger partial charge < -0.3 is 0 Å². The number of benzene rings is 2.